The summed E-state index contributed by atoms with van der Waals surface area (Å²) in [5.74, 6) is 3.05. The van der Waals surface area contributed by atoms with Crippen LogP contribution in [0.25, 0.3) is 0 Å². The summed E-state index contributed by atoms with van der Waals surface area (Å²) >= 11 is 0. The van der Waals surface area contributed by atoms with Crippen LogP contribution < -0.4 is 0 Å². The van der Waals surface area contributed by atoms with Gasteiger partial charge in [-0.05, 0) is 6.07 Å². The maximum atomic E-state index is 4.02. The van der Waals surface area contributed by atoms with Gasteiger partial charge in [0.05, 0.1) is 0 Å². The summed E-state index contributed by atoms with van der Waals surface area (Å²) in [7, 11) is -1.26. The minimum atomic E-state index is -1.26. The highest BCUT2D eigenvalue weighted by molar-refractivity contribution is 6.83. The first kappa shape index (κ1) is 8.95. The van der Waals surface area contributed by atoms with Gasteiger partial charge >= 0.3 is 0 Å². The van der Waals surface area contributed by atoms with E-state index in [4.69, 9.17) is 0 Å². The van der Waals surface area contributed by atoms with Gasteiger partial charge in [-0.3, -0.25) is 0 Å². The van der Waals surface area contributed by atoms with Crippen LogP contribution in [0.3, 0.4) is 0 Å². The molecule has 1 aromatic rings. The van der Waals surface area contributed by atoms with Gasteiger partial charge in [0.25, 0.3) is 0 Å². The zero-order valence-electron chi connectivity index (χ0n) is 7.63. The highest BCUT2D eigenvalue weighted by Gasteiger charge is 2.07. The lowest BCUT2D eigenvalue weighted by Crippen LogP contribution is -2.16. The average Bonchev–Trinajstić information content (AvgIpc) is 2.02. The Balaban J connectivity index is 2.81. The standard InChI is InChI=1S/C9H12N2Si/c1-12(2,3)7-5-9-4-6-10-8-11-9/h4,6,8H,1-3H3. The van der Waals surface area contributed by atoms with Gasteiger partial charge < -0.3 is 0 Å². The Morgan fingerprint density at radius 3 is 2.58 bits per heavy atom. The molecule has 0 fully saturated rings. The summed E-state index contributed by atoms with van der Waals surface area (Å²) in [5.41, 5.74) is 4.05. The van der Waals surface area contributed by atoms with Gasteiger partial charge in [0, 0.05) is 6.20 Å². The van der Waals surface area contributed by atoms with E-state index in [9.17, 15) is 0 Å². The van der Waals surface area contributed by atoms with Gasteiger partial charge in [0.2, 0.25) is 0 Å². The first-order valence-electron chi connectivity index (χ1n) is 3.87. The van der Waals surface area contributed by atoms with Crippen LogP contribution in [0.5, 0.6) is 0 Å². The van der Waals surface area contributed by atoms with E-state index in [0.717, 1.165) is 5.69 Å². The lowest BCUT2D eigenvalue weighted by molar-refractivity contribution is 1.15. The van der Waals surface area contributed by atoms with E-state index in [1.54, 1.807) is 6.20 Å². The largest absolute Gasteiger partial charge is 0.245 e. The SMILES string of the molecule is C[Si](C)(C)C#Cc1ccncn1. The molecule has 0 aliphatic heterocycles. The van der Waals surface area contributed by atoms with Crippen LogP contribution in [0.4, 0.5) is 0 Å². The Bertz CT molecular complexity index is 303. The lowest BCUT2D eigenvalue weighted by atomic mass is 10.4. The van der Waals surface area contributed by atoms with Crippen molar-refractivity contribution in [3.8, 4) is 11.5 Å². The zero-order chi connectivity index (χ0) is 9.03. The Kier molecular flexibility index (Phi) is 2.61. The fourth-order valence-corrected chi connectivity index (χ4v) is 1.12. The zero-order valence-corrected chi connectivity index (χ0v) is 8.63. The van der Waals surface area contributed by atoms with Crippen molar-refractivity contribution in [2.45, 2.75) is 19.6 Å². The topological polar surface area (TPSA) is 25.8 Å². The van der Waals surface area contributed by atoms with E-state index in [2.05, 4.69) is 41.1 Å². The van der Waals surface area contributed by atoms with Crippen molar-refractivity contribution in [1.82, 2.24) is 9.97 Å². The molecule has 0 aliphatic rings. The molecule has 0 N–H and O–H groups in total. The van der Waals surface area contributed by atoms with Crippen molar-refractivity contribution in [3.05, 3.63) is 24.3 Å². The van der Waals surface area contributed by atoms with Crippen LogP contribution in [0.1, 0.15) is 5.69 Å². The van der Waals surface area contributed by atoms with Gasteiger partial charge in [-0.1, -0.05) is 25.6 Å². The second-order valence-electron chi connectivity index (χ2n) is 3.59. The van der Waals surface area contributed by atoms with Crippen LogP contribution in [-0.4, -0.2) is 18.0 Å². The van der Waals surface area contributed by atoms with Crippen LogP contribution >= 0.6 is 0 Å². The third-order valence-corrected chi connectivity index (χ3v) is 2.02. The van der Waals surface area contributed by atoms with E-state index in [1.165, 1.54) is 6.33 Å². The van der Waals surface area contributed by atoms with E-state index in [0.29, 0.717) is 0 Å². The number of hydrogen-bond acceptors (Lipinski definition) is 2. The molecule has 0 bridgehead atoms. The third kappa shape index (κ3) is 3.31. The average molecular weight is 176 g/mol. The first-order valence-corrected chi connectivity index (χ1v) is 7.37. The Hall–Kier alpha value is -1.14. The van der Waals surface area contributed by atoms with Gasteiger partial charge in [0.1, 0.15) is 20.1 Å². The number of nitrogens with zero attached hydrogens (tertiary/aromatic N) is 2. The molecular weight excluding hydrogens is 164 g/mol. The summed E-state index contributed by atoms with van der Waals surface area (Å²) in [4.78, 5) is 7.84. The second kappa shape index (κ2) is 3.50. The molecule has 0 unspecified atom stereocenters. The normalized spacial score (nSPS) is 10.2. The molecule has 0 spiro atoms. The number of hydrogen-bond donors (Lipinski definition) is 0. The summed E-state index contributed by atoms with van der Waals surface area (Å²) in [6.07, 6.45) is 3.23. The third-order valence-electron chi connectivity index (χ3n) is 1.15. The maximum absolute atomic E-state index is 4.02. The first-order chi connectivity index (χ1) is 5.58. The molecule has 0 radical (unpaired) electrons. The molecule has 0 atom stereocenters. The quantitative estimate of drug-likeness (QED) is 0.444. The smallest absolute Gasteiger partial charge is 0.129 e. The number of rotatable bonds is 0. The number of aromatic nitrogens is 2. The molecule has 1 heterocycles. The van der Waals surface area contributed by atoms with Crippen molar-refractivity contribution >= 4 is 8.07 Å². The molecule has 0 saturated heterocycles. The van der Waals surface area contributed by atoms with Crippen molar-refractivity contribution in [2.75, 3.05) is 0 Å². The van der Waals surface area contributed by atoms with Crippen molar-refractivity contribution < 1.29 is 0 Å². The summed E-state index contributed by atoms with van der Waals surface area (Å²) in [6, 6.07) is 1.83. The van der Waals surface area contributed by atoms with Crippen LogP contribution in [-0.2, 0) is 0 Å². The molecule has 2 nitrogen and oxygen atoms in total. The molecule has 12 heavy (non-hydrogen) atoms. The highest BCUT2D eigenvalue weighted by Crippen LogP contribution is 1.97. The summed E-state index contributed by atoms with van der Waals surface area (Å²) in [6.45, 7) is 6.63. The van der Waals surface area contributed by atoms with Gasteiger partial charge in [-0.2, -0.15) is 0 Å². The molecule has 0 aromatic carbocycles. The predicted octanol–water partition coefficient (Wildman–Crippen LogP) is 1.71. The molecule has 0 aliphatic carbocycles. The van der Waals surface area contributed by atoms with Crippen LogP contribution in [0.15, 0.2) is 18.6 Å². The van der Waals surface area contributed by atoms with Gasteiger partial charge in [-0.25, -0.2) is 9.97 Å². The predicted molar refractivity (Wildman–Crippen MR) is 52.3 cm³/mol. The molecule has 1 aromatic heterocycles. The molecule has 1 rings (SSSR count). The van der Waals surface area contributed by atoms with Crippen LogP contribution in [0.2, 0.25) is 19.6 Å². The van der Waals surface area contributed by atoms with E-state index >= 15 is 0 Å². The van der Waals surface area contributed by atoms with Gasteiger partial charge in [-0.15, -0.1) is 5.54 Å². The summed E-state index contributed by atoms with van der Waals surface area (Å²) < 4.78 is 0. The van der Waals surface area contributed by atoms with E-state index in [1.807, 2.05) is 6.07 Å². The molecule has 0 amide bonds. The molecular formula is C9H12N2Si. The Labute approximate surface area is 74.1 Å². The highest BCUT2D eigenvalue weighted by atomic mass is 28.3. The minimum Gasteiger partial charge on any atom is -0.245 e. The fraction of sp³-hybridized carbons (Fsp3) is 0.333. The molecule has 3 heteroatoms. The maximum Gasteiger partial charge on any atom is 0.129 e. The molecule has 0 saturated carbocycles. The van der Waals surface area contributed by atoms with Crippen molar-refractivity contribution in [1.29, 1.82) is 0 Å². The minimum absolute atomic E-state index is 0.812. The van der Waals surface area contributed by atoms with Crippen molar-refractivity contribution in [3.63, 3.8) is 0 Å². The Morgan fingerprint density at radius 1 is 1.33 bits per heavy atom. The lowest BCUT2D eigenvalue weighted by Gasteiger charge is -2.02. The fourth-order valence-electron chi connectivity index (χ4n) is 0.616. The monoisotopic (exact) mass is 176 g/mol. The second-order valence-corrected chi connectivity index (χ2v) is 8.34. The van der Waals surface area contributed by atoms with Gasteiger partial charge in [0.15, 0.2) is 0 Å². The van der Waals surface area contributed by atoms with E-state index < -0.39 is 8.07 Å². The molecule has 62 valence electrons. The van der Waals surface area contributed by atoms with Crippen molar-refractivity contribution in [2.24, 2.45) is 0 Å². The summed E-state index contributed by atoms with van der Waals surface area (Å²) in [5, 5.41) is 0. The Morgan fingerprint density at radius 2 is 2.08 bits per heavy atom. The van der Waals surface area contributed by atoms with E-state index in [-0.39, 0.29) is 0 Å². The van der Waals surface area contributed by atoms with Crippen LogP contribution in [0, 0.1) is 11.5 Å².